The molecule has 1 aliphatic heterocycles. The summed E-state index contributed by atoms with van der Waals surface area (Å²) >= 11 is 0. The van der Waals surface area contributed by atoms with Crippen molar-refractivity contribution >= 4 is 39.4 Å². The highest BCUT2D eigenvalue weighted by Crippen LogP contribution is 2.32. The maximum atomic E-state index is 13.1. The van der Waals surface area contributed by atoms with Gasteiger partial charge in [-0.25, -0.2) is 0 Å². The third-order valence-corrected chi connectivity index (χ3v) is 5.18. The Hall–Kier alpha value is -3.91. The average molecular weight is 418 g/mol. The number of fused-ring (bicyclic) bond motifs is 2. The Morgan fingerprint density at radius 2 is 1.52 bits per heavy atom. The number of morpholine rings is 1. The zero-order chi connectivity index (χ0) is 21.4. The molecule has 4 aromatic rings. The Morgan fingerprint density at radius 3 is 2.26 bits per heavy atom. The van der Waals surface area contributed by atoms with Gasteiger partial charge in [0.2, 0.25) is 5.76 Å². The van der Waals surface area contributed by atoms with Gasteiger partial charge < -0.3 is 23.8 Å². The Bertz CT molecular complexity index is 1360. The molecule has 0 saturated carbocycles. The summed E-state index contributed by atoms with van der Waals surface area (Å²) in [5.74, 6) is -1.11. The van der Waals surface area contributed by atoms with Crippen LogP contribution in [0.15, 0.2) is 68.2 Å². The van der Waals surface area contributed by atoms with Gasteiger partial charge in [0, 0.05) is 24.5 Å². The van der Waals surface area contributed by atoms with E-state index in [0.29, 0.717) is 48.2 Å². The van der Waals surface area contributed by atoms with Crippen LogP contribution in [0.3, 0.4) is 0 Å². The molecule has 0 atom stereocenters. The highest BCUT2D eigenvalue weighted by Gasteiger charge is 2.28. The molecule has 1 N–H and O–H groups in total. The number of amides is 2. The summed E-state index contributed by atoms with van der Waals surface area (Å²) in [6.07, 6.45) is 0. The SMILES string of the molecule is O=C(Nc1c(C(=O)N2CCOCC2)oc2ccccc12)c1cc(=O)c2ccccc2o1. The fourth-order valence-electron chi connectivity index (χ4n) is 3.62. The Balaban J connectivity index is 1.54. The van der Waals surface area contributed by atoms with Crippen LogP contribution in [0.5, 0.6) is 0 Å². The van der Waals surface area contributed by atoms with Crippen molar-refractivity contribution in [3.63, 3.8) is 0 Å². The Morgan fingerprint density at radius 1 is 0.871 bits per heavy atom. The minimum Gasteiger partial charge on any atom is -0.451 e. The van der Waals surface area contributed by atoms with Crippen molar-refractivity contribution in [2.75, 3.05) is 31.6 Å². The number of benzene rings is 2. The summed E-state index contributed by atoms with van der Waals surface area (Å²) in [6.45, 7) is 1.75. The van der Waals surface area contributed by atoms with Gasteiger partial charge in [-0.1, -0.05) is 24.3 Å². The second kappa shape index (κ2) is 7.73. The van der Waals surface area contributed by atoms with Gasteiger partial charge in [0.15, 0.2) is 11.2 Å². The molecular formula is C23H18N2O6. The molecule has 0 spiro atoms. The van der Waals surface area contributed by atoms with E-state index in [-0.39, 0.29) is 28.5 Å². The topological polar surface area (TPSA) is 102 Å². The zero-order valence-corrected chi connectivity index (χ0v) is 16.4. The van der Waals surface area contributed by atoms with Gasteiger partial charge in [0.1, 0.15) is 16.9 Å². The normalized spacial score (nSPS) is 14.1. The maximum Gasteiger partial charge on any atom is 0.291 e. The number of carbonyl (C=O) groups is 2. The Kier molecular flexibility index (Phi) is 4.76. The molecule has 1 fully saturated rings. The third-order valence-electron chi connectivity index (χ3n) is 5.18. The molecule has 0 bridgehead atoms. The van der Waals surface area contributed by atoms with E-state index in [2.05, 4.69) is 5.32 Å². The van der Waals surface area contributed by atoms with Crippen LogP contribution in [0.1, 0.15) is 21.1 Å². The molecule has 1 aliphatic rings. The monoisotopic (exact) mass is 418 g/mol. The first-order chi connectivity index (χ1) is 15.1. The number of para-hydroxylation sites is 2. The summed E-state index contributed by atoms with van der Waals surface area (Å²) in [6, 6.07) is 14.9. The molecule has 0 aliphatic carbocycles. The number of carbonyl (C=O) groups excluding carboxylic acids is 2. The second-order valence-electron chi connectivity index (χ2n) is 7.13. The molecule has 2 amide bonds. The number of furan rings is 1. The number of rotatable bonds is 3. The number of nitrogens with zero attached hydrogens (tertiary/aromatic N) is 1. The van der Waals surface area contributed by atoms with Gasteiger partial charge >= 0.3 is 0 Å². The van der Waals surface area contributed by atoms with Gasteiger partial charge in [-0.15, -0.1) is 0 Å². The van der Waals surface area contributed by atoms with Gasteiger partial charge in [-0.2, -0.15) is 0 Å². The fraction of sp³-hybridized carbons (Fsp3) is 0.174. The van der Waals surface area contributed by atoms with Crippen molar-refractivity contribution in [3.8, 4) is 0 Å². The van der Waals surface area contributed by atoms with E-state index in [1.165, 1.54) is 0 Å². The number of anilines is 1. The van der Waals surface area contributed by atoms with Gasteiger partial charge in [0.05, 0.1) is 18.6 Å². The number of nitrogens with one attached hydrogen (secondary N) is 1. The molecule has 0 unspecified atom stereocenters. The van der Waals surface area contributed by atoms with E-state index < -0.39 is 5.91 Å². The predicted octanol–water partition coefficient (Wildman–Crippen LogP) is 3.26. The minimum atomic E-state index is -0.648. The Labute approximate surface area is 176 Å². The van der Waals surface area contributed by atoms with Crippen LogP contribution in [-0.2, 0) is 4.74 Å². The van der Waals surface area contributed by atoms with Crippen LogP contribution in [0.2, 0.25) is 0 Å². The lowest BCUT2D eigenvalue weighted by Crippen LogP contribution is -2.40. The number of hydrogen-bond acceptors (Lipinski definition) is 6. The van der Waals surface area contributed by atoms with Gasteiger partial charge in [-0.3, -0.25) is 14.4 Å². The summed E-state index contributed by atoms with van der Waals surface area (Å²) < 4.78 is 16.7. The standard InChI is InChI=1S/C23H18N2O6/c26-16-13-19(30-17-7-3-1-5-14(16)17)22(27)24-20-15-6-2-4-8-18(15)31-21(20)23(28)25-9-11-29-12-10-25/h1-8,13H,9-12H2,(H,24,27). The molecule has 156 valence electrons. The van der Waals surface area contributed by atoms with Crippen molar-refractivity contribution < 1.29 is 23.2 Å². The van der Waals surface area contributed by atoms with Crippen LogP contribution in [0.4, 0.5) is 5.69 Å². The molecule has 8 heteroatoms. The zero-order valence-electron chi connectivity index (χ0n) is 16.4. The van der Waals surface area contributed by atoms with Crippen molar-refractivity contribution in [1.82, 2.24) is 4.90 Å². The highest BCUT2D eigenvalue weighted by atomic mass is 16.5. The summed E-state index contributed by atoms with van der Waals surface area (Å²) in [5.41, 5.74) is 0.692. The maximum absolute atomic E-state index is 13.1. The molecular weight excluding hydrogens is 400 g/mol. The molecule has 31 heavy (non-hydrogen) atoms. The minimum absolute atomic E-state index is 0.0274. The van der Waals surface area contributed by atoms with Crippen LogP contribution in [0, 0.1) is 0 Å². The third kappa shape index (κ3) is 3.47. The summed E-state index contributed by atoms with van der Waals surface area (Å²) in [5, 5.41) is 3.68. The van der Waals surface area contributed by atoms with E-state index in [0.717, 1.165) is 6.07 Å². The van der Waals surface area contributed by atoms with Gasteiger partial charge in [0.25, 0.3) is 11.8 Å². The van der Waals surface area contributed by atoms with E-state index >= 15 is 0 Å². The lowest BCUT2D eigenvalue weighted by molar-refractivity contribution is 0.0285. The average Bonchev–Trinajstić information content (AvgIpc) is 3.17. The van der Waals surface area contributed by atoms with Crippen molar-refractivity contribution in [1.29, 1.82) is 0 Å². The largest absolute Gasteiger partial charge is 0.451 e. The lowest BCUT2D eigenvalue weighted by Gasteiger charge is -2.26. The molecule has 2 aromatic carbocycles. The number of hydrogen-bond donors (Lipinski definition) is 1. The van der Waals surface area contributed by atoms with E-state index in [1.807, 2.05) is 0 Å². The highest BCUT2D eigenvalue weighted by molar-refractivity contribution is 6.13. The van der Waals surface area contributed by atoms with Crippen LogP contribution in [-0.4, -0.2) is 43.0 Å². The smallest absolute Gasteiger partial charge is 0.291 e. The van der Waals surface area contributed by atoms with Crippen molar-refractivity contribution in [2.24, 2.45) is 0 Å². The molecule has 3 heterocycles. The van der Waals surface area contributed by atoms with E-state index in [1.54, 1.807) is 53.4 Å². The molecule has 8 nitrogen and oxygen atoms in total. The summed E-state index contributed by atoms with van der Waals surface area (Å²) in [4.78, 5) is 40.0. The van der Waals surface area contributed by atoms with E-state index in [9.17, 15) is 14.4 Å². The van der Waals surface area contributed by atoms with E-state index in [4.69, 9.17) is 13.6 Å². The fourth-order valence-corrected chi connectivity index (χ4v) is 3.62. The molecule has 2 aromatic heterocycles. The number of ether oxygens (including phenoxy) is 1. The summed E-state index contributed by atoms with van der Waals surface area (Å²) in [7, 11) is 0. The van der Waals surface area contributed by atoms with Crippen LogP contribution in [0.25, 0.3) is 21.9 Å². The first kappa shape index (κ1) is 19.1. The first-order valence-electron chi connectivity index (χ1n) is 9.84. The second-order valence-corrected chi connectivity index (χ2v) is 7.13. The van der Waals surface area contributed by atoms with Crippen LogP contribution >= 0.6 is 0 Å². The predicted molar refractivity (Wildman–Crippen MR) is 113 cm³/mol. The molecule has 0 radical (unpaired) electrons. The quantitative estimate of drug-likeness (QED) is 0.548. The van der Waals surface area contributed by atoms with Gasteiger partial charge in [-0.05, 0) is 24.3 Å². The molecule has 5 rings (SSSR count). The van der Waals surface area contributed by atoms with Crippen LogP contribution < -0.4 is 10.7 Å². The molecule has 1 saturated heterocycles. The lowest BCUT2D eigenvalue weighted by atomic mass is 10.2. The van der Waals surface area contributed by atoms with Crippen molar-refractivity contribution in [3.05, 3.63) is 76.3 Å². The first-order valence-corrected chi connectivity index (χ1v) is 9.84. The van der Waals surface area contributed by atoms with Crippen molar-refractivity contribution in [2.45, 2.75) is 0 Å².